The second-order valence-electron chi connectivity index (χ2n) is 13.7. The van der Waals surface area contributed by atoms with Crippen molar-refractivity contribution in [1.29, 1.82) is 0 Å². The largest absolute Gasteiger partial charge is 0.490 e. The molecule has 4 aromatic rings. The lowest BCUT2D eigenvalue weighted by atomic mass is 9.77. The Morgan fingerprint density at radius 3 is 2.26 bits per heavy atom. The predicted molar refractivity (Wildman–Crippen MR) is 207 cm³/mol. The number of rotatable bonds is 15. The number of hydrogen-bond donors (Lipinski definition) is 1. The number of para-hydroxylation sites is 1. The molecule has 1 heterocycles. The lowest BCUT2D eigenvalue weighted by Gasteiger charge is -2.29. The lowest BCUT2D eigenvalue weighted by Crippen LogP contribution is -2.30. The summed E-state index contributed by atoms with van der Waals surface area (Å²) in [5, 5.41) is 5.20. The van der Waals surface area contributed by atoms with E-state index in [1.807, 2.05) is 30.3 Å². The first kappa shape index (κ1) is 37.7. The van der Waals surface area contributed by atoms with Crippen LogP contribution in [0.5, 0.6) is 17.2 Å². The molecule has 0 radical (unpaired) electrons. The van der Waals surface area contributed by atoms with E-state index in [2.05, 4.69) is 41.1 Å². The van der Waals surface area contributed by atoms with E-state index in [1.54, 1.807) is 30.5 Å². The second kappa shape index (κ2) is 18.6. The number of carbonyl (C=O) groups excluding carboxylic acids is 3. The Hall–Kier alpha value is -5.03. The molecule has 11 heteroatoms. The first-order chi connectivity index (χ1) is 25.9. The first-order valence-electron chi connectivity index (χ1n) is 18.6. The number of carbonyl (C=O) groups is 3. The molecule has 0 atom stereocenters. The summed E-state index contributed by atoms with van der Waals surface area (Å²) in [6, 6.07) is 20.8. The molecular formula is C42H47N3O7S. The summed E-state index contributed by atoms with van der Waals surface area (Å²) < 4.78 is 23.2. The van der Waals surface area contributed by atoms with Gasteiger partial charge in [0.05, 0.1) is 28.3 Å². The summed E-state index contributed by atoms with van der Waals surface area (Å²) in [7, 11) is 0. The van der Waals surface area contributed by atoms with Gasteiger partial charge in [0, 0.05) is 11.6 Å². The molecule has 10 nitrogen and oxygen atoms in total. The van der Waals surface area contributed by atoms with Gasteiger partial charge in [-0.05, 0) is 117 Å². The maximum Gasteiger partial charge on any atom is 0.330 e. The van der Waals surface area contributed by atoms with Gasteiger partial charge in [-0.3, -0.25) is 15.0 Å². The van der Waals surface area contributed by atoms with Crippen LogP contribution in [0.2, 0.25) is 0 Å². The van der Waals surface area contributed by atoms with Gasteiger partial charge in [-0.25, -0.2) is 9.78 Å². The first-order valence-corrected chi connectivity index (χ1v) is 19.4. The number of benzene rings is 3. The fraction of sp³-hybridized carbons (Fsp3) is 0.405. The Morgan fingerprint density at radius 1 is 0.868 bits per heavy atom. The van der Waals surface area contributed by atoms with Gasteiger partial charge < -0.3 is 18.9 Å². The summed E-state index contributed by atoms with van der Waals surface area (Å²) in [4.78, 5) is 42.2. The lowest BCUT2D eigenvalue weighted by molar-refractivity contribution is -0.145. The summed E-state index contributed by atoms with van der Waals surface area (Å²) in [5.41, 5.74) is 5.96. The Bertz CT molecular complexity index is 1860. The highest BCUT2D eigenvalue weighted by Gasteiger charge is 2.32. The number of anilines is 1. The second-order valence-corrected chi connectivity index (χ2v) is 14.8. The van der Waals surface area contributed by atoms with Crippen molar-refractivity contribution in [3.05, 3.63) is 90.5 Å². The maximum atomic E-state index is 13.5. The highest BCUT2D eigenvalue weighted by Crippen LogP contribution is 2.39. The molecule has 1 N–H and O–H groups in total. The van der Waals surface area contributed by atoms with Crippen LogP contribution in [0.3, 0.4) is 0 Å². The molecule has 278 valence electrons. The Kier molecular flexibility index (Phi) is 13.3. The smallest absolute Gasteiger partial charge is 0.330 e. The molecule has 0 saturated heterocycles. The number of nitrogens with zero attached hydrogens (tertiary/aromatic N) is 2. The number of esters is 3. The quantitative estimate of drug-likeness (QED) is 0.0317. The molecular weight excluding hydrogens is 691 g/mol. The molecule has 0 bridgehead atoms. The molecule has 2 aliphatic carbocycles. The molecule has 2 aliphatic rings. The third-order valence-electron chi connectivity index (χ3n) is 10.1. The minimum Gasteiger partial charge on any atom is -0.490 e. The van der Waals surface area contributed by atoms with Crippen LogP contribution in [-0.4, -0.2) is 42.3 Å². The number of thiazole rings is 1. The fourth-order valence-electron chi connectivity index (χ4n) is 7.21. The minimum absolute atomic E-state index is 0.1000. The van der Waals surface area contributed by atoms with Crippen LogP contribution in [0.25, 0.3) is 10.2 Å². The van der Waals surface area contributed by atoms with E-state index in [4.69, 9.17) is 18.9 Å². The number of nitrogens with one attached hydrogen (secondary N) is 1. The van der Waals surface area contributed by atoms with Crippen molar-refractivity contribution in [2.75, 3.05) is 18.6 Å². The molecule has 1 aromatic heterocycles. The van der Waals surface area contributed by atoms with Crippen molar-refractivity contribution < 1.29 is 33.3 Å². The van der Waals surface area contributed by atoms with Crippen LogP contribution in [0, 0.1) is 17.8 Å². The van der Waals surface area contributed by atoms with E-state index < -0.39 is 5.97 Å². The Morgan fingerprint density at radius 2 is 1.57 bits per heavy atom. The van der Waals surface area contributed by atoms with Crippen molar-refractivity contribution in [2.24, 2.45) is 22.9 Å². The van der Waals surface area contributed by atoms with Gasteiger partial charge in [0.15, 0.2) is 0 Å². The summed E-state index contributed by atoms with van der Waals surface area (Å²) in [6.07, 6.45) is 12.3. The van der Waals surface area contributed by atoms with Gasteiger partial charge in [-0.2, -0.15) is 5.10 Å². The van der Waals surface area contributed by atoms with Crippen LogP contribution in [-0.2, 0) is 19.1 Å². The zero-order chi connectivity index (χ0) is 37.0. The molecule has 6 rings (SSSR count). The summed E-state index contributed by atoms with van der Waals surface area (Å²) in [5.74, 6) is 0.971. The molecule has 0 spiro atoms. The van der Waals surface area contributed by atoms with Gasteiger partial charge in [-0.1, -0.05) is 55.9 Å². The molecule has 0 aliphatic heterocycles. The highest BCUT2D eigenvalue weighted by atomic mass is 32.1. The molecule has 3 aromatic carbocycles. The zero-order valence-electron chi connectivity index (χ0n) is 30.2. The van der Waals surface area contributed by atoms with Crippen LogP contribution in [0.15, 0.2) is 84.5 Å². The van der Waals surface area contributed by atoms with E-state index in [-0.39, 0.29) is 37.0 Å². The van der Waals surface area contributed by atoms with Crippen molar-refractivity contribution in [1.82, 2.24) is 4.98 Å². The van der Waals surface area contributed by atoms with Crippen molar-refractivity contribution in [2.45, 2.75) is 77.0 Å². The fourth-order valence-corrected chi connectivity index (χ4v) is 8.02. The van der Waals surface area contributed by atoms with Crippen molar-refractivity contribution >= 4 is 50.8 Å². The van der Waals surface area contributed by atoms with E-state index >= 15 is 0 Å². The van der Waals surface area contributed by atoms with Crippen molar-refractivity contribution in [3.8, 4) is 17.2 Å². The molecule has 2 saturated carbocycles. The third kappa shape index (κ3) is 10.5. The monoisotopic (exact) mass is 737 g/mol. The number of aromatic nitrogens is 1. The Labute approximate surface area is 314 Å². The SMILES string of the molecule is C=CC(=O)OCCOc1ccc(OC(=O)C2CCC(C(=O)Oc3ccc(C4CCC(CCC)CC4)cc3/C=N/Nc3nc4ccccc4s3)CC2)cc1. The van der Waals surface area contributed by atoms with Crippen LogP contribution < -0.4 is 19.6 Å². The predicted octanol–water partition coefficient (Wildman–Crippen LogP) is 9.24. The Balaban J connectivity index is 1.03. The van der Waals surface area contributed by atoms with Crippen LogP contribution in [0.1, 0.15) is 88.2 Å². The molecule has 0 unspecified atom stereocenters. The van der Waals surface area contributed by atoms with Crippen LogP contribution in [0.4, 0.5) is 5.13 Å². The van der Waals surface area contributed by atoms with Crippen molar-refractivity contribution in [3.63, 3.8) is 0 Å². The van der Waals surface area contributed by atoms with E-state index in [1.165, 1.54) is 42.6 Å². The van der Waals surface area contributed by atoms with E-state index in [0.29, 0.717) is 54.0 Å². The number of fused-ring (bicyclic) bond motifs is 1. The van der Waals surface area contributed by atoms with Crippen LogP contribution >= 0.6 is 11.3 Å². The number of hydrazone groups is 1. The van der Waals surface area contributed by atoms with Gasteiger partial charge in [0.1, 0.15) is 30.5 Å². The van der Waals surface area contributed by atoms with Gasteiger partial charge in [0.25, 0.3) is 0 Å². The molecule has 2 fully saturated rings. The summed E-state index contributed by atoms with van der Waals surface area (Å²) in [6.45, 7) is 5.90. The topological polar surface area (TPSA) is 125 Å². The normalized spacial score (nSPS) is 20.1. The highest BCUT2D eigenvalue weighted by molar-refractivity contribution is 7.22. The zero-order valence-corrected chi connectivity index (χ0v) is 31.0. The van der Waals surface area contributed by atoms with Gasteiger partial charge in [-0.15, -0.1) is 0 Å². The van der Waals surface area contributed by atoms with Gasteiger partial charge in [0.2, 0.25) is 5.13 Å². The average molecular weight is 738 g/mol. The summed E-state index contributed by atoms with van der Waals surface area (Å²) >= 11 is 1.53. The number of ether oxygens (including phenoxy) is 4. The van der Waals surface area contributed by atoms with E-state index in [0.717, 1.165) is 40.6 Å². The maximum absolute atomic E-state index is 13.5. The number of hydrogen-bond acceptors (Lipinski definition) is 11. The third-order valence-corrected chi connectivity index (χ3v) is 11.1. The molecule has 0 amide bonds. The minimum atomic E-state index is -0.508. The standard InChI is InChI=1S/C42H47N3O7S/c1-3-7-28-10-12-29(13-11-28)32-18-23-37(33(26-32)27-43-45-42-44-36-8-5-6-9-38(36)53-42)52-41(48)31-16-14-30(15-17-31)40(47)51-35-21-19-34(20-22-35)49-24-25-50-39(46)4-2/h4-6,8-9,18-23,26-31H,2-3,7,10-17,24-25H2,1H3,(H,44,45)/b43-27+. The van der Waals surface area contributed by atoms with E-state index in [9.17, 15) is 14.4 Å². The van der Waals surface area contributed by atoms with Gasteiger partial charge >= 0.3 is 17.9 Å². The molecule has 53 heavy (non-hydrogen) atoms. The average Bonchev–Trinajstić information content (AvgIpc) is 3.61.